The van der Waals surface area contributed by atoms with Crippen LogP contribution >= 0.6 is 0 Å². The molecule has 1 aliphatic rings. The summed E-state index contributed by atoms with van der Waals surface area (Å²) in [6.45, 7) is 5.71. The highest BCUT2D eigenvalue weighted by atomic mass is 16.3. The SMILES string of the molecule is [2H]c1cnc([C@@H](C)O)nc1N1CCN(c2ccnc(CC=O)n2)C(C)C1. The van der Waals surface area contributed by atoms with Gasteiger partial charge in [0.25, 0.3) is 0 Å². The number of aliphatic hydroxyl groups is 1. The van der Waals surface area contributed by atoms with Crippen LogP contribution in [0.2, 0.25) is 0 Å². The molecule has 1 fully saturated rings. The fourth-order valence-corrected chi connectivity index (χ4v) is 2.90. The van der Waals surface area contributed by atoms with E-state index in [-0.39, 0.29) is 18.5 Å². The minimum atomic E-state index is -0.773. The number of carbonyl (C=O) groups excluding carboxylic acids is 1. The maximum absolute atomic E-state index is 10.7. The second kappa shape index (κ2) is 7.52. The van der Waals surface area contributed by atoms with Crippen molar-refractivity contribution in [2.75, 3.05) is 29.4 Å². The van der Waals surface area contributed by atoms with Crippen LogP contribution in [0.1, 0.15) is 33.0 Å². The lowest BCUT2D eigenvalue weighted by Crippen LogP contribution is -2.52. The summed E-state index contributed by atoms with van der Waals surface area (Å²) in [6.07, 6.45) is 3.32. The number of hydrogen-bond acceptors (Lipinski definition) is 8. The Hall–Kier alpha value is -2.61. The molecule has 0 spiro atoms. The third-order valence-electron chi connectivity index (χ3n) is 4.16. The largest absolute Gasteiger partial charge is 0.385 e. The second-order valence-electron chi connectivity index (χ2n) is 6.06. The van der Waals surface area contributed by atoms with Crippen LogP contribution in [0, 0.1) is 0 Å². The molecule has 3 heterocycles. The second-order valence-corrected chi connectivity index (χ2v) is 6.06. The molecule has 25 heavy (non-hydrogen) atoms. The molecule has 1 unspecified atom stereocenters. The van der Waals surface area contributed by atoms with Crippen molar-refractivity contribution in [1.82, 2.24) is 19.9 Å². The first-order valence-electron chi connectivity index (χ1n) is 8.78. The first kappa shape index (κ1) is 15.9. The number of hydrogen-bond donors (Lipinski definition) is 1. The van der Waals surface area contributed by atoms with E-state index in [2.05, 4.69) is 31.8 Å². The molecule has 3 rings (SSSR count). The van der Waals surface area contributed by atoms with Gasteiger partial charge in [0.2, 0.25) is 0 Å². The summed E-state index contributed by atoms with van der Waals surface area (Å²) in [6, 6.07) is 2.21. The van der Waals surface area contributed by atoms with Crippen LogP contribution < -0.4 is 9.80 Å². The number of nitrogens with zero attached hydrogens (tertiary/aromatic N) is 6. The average molecular weight is 343 g/mol. The molecule has 0 amide bonds. The average Bonchev–Trinajstić information content (AvgIpc) is 2.62. The smallest absolute Gasteiger partial charge is 0.158 e. The fraction of sp³-hybridized carbons (Fsp3) is 0.471. The van der Waals surface area contributed by atoms with E-state index in [1.54, 1.807) is 13.1 Å². The Balaban J connectivity index is 1.77. The van der Waals surface area contributed by atoms with E-state index in [0.717, 1.165) is 12.1 Å². The molecule has 2 aromatic rings. The normalized spacial score (nSPS) is 19.5. The van der Waals surface area contributed by atoms with Crippen molar-refractivity contribution < 1.29 is 11.3 Å². The molecule has 0 aromatic carbocycles. The molecule has 2 aromatic heterocycles. The number of rotatable bonds is 5. The minimum absolute atomic E-state index is 0.132. The number of aliphatic hydroxyl groups excluding tert-OH is 1. The Bertz CT molecular complexity index is 788. The maximum Gasteiger partial charge on any atom is 0.158 e. The van der Waals surface area contributed by atoms with Crippen molar-refractivity contribution in [2.45, 2.75) is 32.4 Å². The molecule has 8 nitrogen and oxygen atoms in total. The van der Waals surface area contributed by atoms with Gasteiger partial charge in [-0.3, -0.25) is 0 Å². The topological polar surface area (TPSA) is 95.3 Å². The molecule has 0 aliphatic carbocycles. The van der Waals surface area contributed by atoms with Gasteiger partial charge < -0.3 is 19.7 Å². The van der Waals surface area contributed by atoms with Crippen molar-refractivity contribution >= 4 is 17.9 Å². The van der Waals surface area contributed by atoms with E-state index in [0.29, 0.717) is 37.1 Å². The van der Waals surface area contributed by atoms with Gasteiger partial charge in [0, 0.05) is 38.1 Å². The van der Waals surface area contributed by atoms with Crippen molar-refractivity contribution in [3.05, 3.63) is 36.2 Å². The Labute approximate surface area is 148 Å². The highest BCUT2D eigenvalue weighted by molar-refractivity contribution is 5.53. The van der Waals surface area contributed by atoms with E-state index in [4.69, 9.17) is 1.37 Å². The molecule has 1 saturated heterocycles. The lowest BCUT2D eigenvalue weighted by atomic mass is 10.2. The van der Waals surface area contributed by atoms with Crippen LogP contribution in [-0.2, 0) is 11.2 Å². The molecule has 132 valence electrons. The van der Waals surface area contributed by atoms with Crippen molar-refractivity contribution in [2.24, 2.45) is 0 Å². The van der Waals surface area contributed by atoms with Crippen molar-refractivity contribution in [1.29, 1.82) is 0 Å². The molecule has 0 saturated carbocycles. The number of aldehydes is 1. The lowest BCUT2D eigenvalue weighted by molar-refractivity contribution is -0.107. The highest BCUT2D eigenvalue weighted by Crippen LogP contribution is 2.22. The van der Waals surface area contributed by atoms with E-state index < -0.39 is 6.10 Å². The van der Waals surface area contributed by atoms with Crippen molar-refractivity contribution in [3.8, 4) is 0 Å². The minimum Gasteiger partial charge on any atom is -0.385 e. The Morgan fingerprint density at radius 2 is 2.20 bits per heavy atom. The van der Waals surface area contributed by atoms with Gasteiger partial charge in [-0.2, -0.15) is 0 Å². The standard InChI is InChI=1S/C17H22N6O2/c1-12-11-22(15-3-7-19-17(21-15)13(2)25)8-9-23(12)16-4-6-18-14(20-16)5-10-24/h3-4,6-7,10,12-13,25H,5,8-9,11H2,1-2H3/t12?,13-/m1/s1/i3D. The van der Waals surface area contributed by atoms with E-state index >= 15 is 0 Å². The van der Waals surface area contributed by atoms with Crippen LogP contribution in [0.25, 0.3) is 0 Å². The summed E-state index contributed by atoms with van der Waals surface area (Å²) < 4.78 is 8.08. The Morgan fingerprint density at radius 1 is 1.36 bits per heavy atom. The van der Waals surface area contributed by atoms with Crippen LogP contribution in [-0.4, -0.2) is 57.0 Å². The van der Waals surface area contributed by atoms with Gasteiger partial charge in [-0.1, -0.05) is 0 Å². The van der Waals surface area contributed by atoms with Crippen LogP contribution in [0.5, 0.6) is 0 Å². The highest BCUT2D eigenvalue weighted by Gasteiger charge is 2.26. The third-order valence-corrected chi connectivity index (χ3v) is 4.16. The van der Waals surface area contributed by atoms with Gasteiger partial charge in [-0.15, -0.1) is 0 Å². The zero-order valence-corrected chi connectivity index (χ0v) is 14.3. The summed E-state index contributed by atoms with van der Waals surface area (Å²) in [7, 11) is 0. The molecule has 1 N–H and O–H groups in total. The number of carbonyl (C=O) groups is 1. The maximum atomic E-state index is 10.7. The molecule has 8 heteroatoms. The predicted molar refractivity (Wildman–Crippen MR) is 93.5 cm³/mol. The fourth-order valence-electron chi connectivity index (χ4n) is 2.90. The Kier molecular flexibility index (Phi) is 4.78. The van der Waals surface area contributed by atoms with E-state index in [1.807, 2.05) is 11.0 Å². The summed E-state index contributed by atoms with van der Waals surface area (Å²) in [5, 5.41) is 9.70. The third kappa shape index (κ3) is 3.90. The summed E-state index contributed by atoms with van der Waals surface area (Å²) in [4.78, 5) is 31.8. The quantitative estimate of drug-likeness (QED) is 0.796. The lowest BCUT2D eigenvalue weighted by Gasteiger charge is -2.41. The zero-order chi connectivity index (χ0) is 18.7. The van der Waals surface area contributed by atoms with Gasteiger partial charge in [0.15, 0.2) is 5.82 Å². The number of aromatic nitrogens is 4. The molecule has 1 aliphatic heterocycles. The molecular formula is C17H22N6O2. The van der Waals surface area contributed by atoms with Gasteiger partial charge in [0.1, 0.15) is 29.9 Å². The predicted octanol–water partition coefficient (Wildman–Crippen LogP) is 0.776. The zero-order valence-electron chi connectivity index (χ0n) is 15.3. The first-order chi connectivity index (χ1) is 12.5. The van der Waals surface area contributed by atoms with Crippen molar-refractivity contribution in [3.63, 3.8) is 0 Å². The van der Waals surface area contributed by atoms with E-state index in [9.17, 15) is 9.90 Å². The number of anilines is 2. The van der Waals surface area contributed by atoms with Crippen LogP contribution in [0.4, 0.5) is 11.6 Å². The van der Waals surface area contributed by atoms with Gasteiger partial charge in [-0.05, 0) is 26.0 Å². The van der Waals surface area contributed by atoms with Gasteiger partial charge in [-0.25, -0.2) is 19.9 Å². The van der Waals surface area contributed by atoms with Crippen LogP contribution in [0.15, 0.2) is 24.5 Å². The molecule has 0 radical (unpaired) electrons. The number of piperazine rings is 1. The summed E-state index contributed by atoms with van der Waals surface area (Å²) in [5.41, 5.74) is 0. The molecule has 0 bridgehead atoms. The van der Waals surface area contributed by atoms with Crippen LogP contribution in [0.3, 0.4) is 0 Å². The van der Waals surface area contributed by atoms with E-state index in [1.165, 1.54) is 6.20 Å². The molecule has 2 atom stereocenters. The summed E-state index contributed by atoms with van der Waals surface area (Å²) >= 11 is 0. The summed E-state index contributed by atoms with van der Waals surface area (Å²) in [5.74, 6) is 2.16. The first-order valence-corrected chi connectivity index (χ1v) is 8.28. The van der Waals surface area contributed by atoms with Gasteiger partial charge >= 0.3 is 0 Å². The van der Waals surface area contributed by atoms with Gasteiger partial charge in [0.05, 0.1) is 7.79 Å². The Morgan fingerprint density at radius 3 is 2.92 bits per heavy atom. The monoisotopic (exact) mass is 343 g/mol. The molecular weight excluding hydrogens is 320 g/mol.